The van der Waals surface area contributed by atoms with E-state index in [1.807, 2.05) is 91.3 Å². The first-order chi connectivity index (χ1) is 16.0. The molecule has 0 atom stereocenters. The van der Waals surface area contributed by atoms with Crippen LogP contribution in [0.3, 0.4) is 0 Å². The maximum atomic E-state index is 5.97. The van der Waals surface area contributed by atoms with Crippen molar-refractivity contribution in [3.05, 3.63) is 95.8 Å². The van der Waals surface area contributed by atoms with E-state index >= 15 is 0 Å². The molecule has 2 N–H and O–H groups in total. The van der Waals surface area contributed by atoms with Crippen LogP contribution in [0, 0.1) is 13.8 Å². The molecule has 0 spiro atoms. The third-order valence-electron chi connectivity index (χ3n) is 5.18. The number of hydrogen-bond donors (Lipinski definition) is 2. The summed E-state index contributed by atoms with van der Waals surface area (Å²) in [6.07, 6.45) is 0. The van der Waals surface area contributed by atoms with Gasteiger partial charge in [-0.05, 0) is 68.0 Å². The zero-order valence-corrected chi connectivity index (χ0v) is 19.6. The van der Waals surface area contributed by atoms with Gasteiger partial charge >= 0.3 is 0 Å². The highest BCUT2D eigenvalue weighted by Crippen LogP contribution is 2.26. The molecule has 7 heteroatoms. The maximum absolute atomic E-state index is 5.97. The molecule has 3 aromatic carbocycles. The molecular formula is C26H26N4O2S. The number of rotatable bonds is 7. The molecule has 0 aliphatic heterocycles. The summed E-state index contributed by atoms with van der Waals surface area (Å²) in [6.45, 7) is 4.61. The van der Waals surface area contributed by atoms with Gasteiger partial charge in [-0.25, -0.2) is 0 Å². The van der Waals surface area contributed by atoms with Crippen molar-refractivity contribution in [1.29, 1.82) is 0 Å². The van der Waals surface area contributed by atoms with Crippen LogP contribution in [0.1, 0.15) is 17.0 Å². The van der Waals surface area contributed by atoms with E-state index < -0.39 is 0 Å². The van der Waals surface area contributed by atoms with Gasteiger partial charge in [-0.2, -0.15) is 5.10 Å². The molecule has 0 fully saturated rings. The maximum Gasteiger partial charge on any atom is 0.175 e. The van der Waals surface area contributed by atoms with Crippen molar-refractivity contribution < 1.29 is 9.47 Å². The number of methoxy groups -OCH3 is 1. The molecule has 1 heterocycles. The molecule has 0 aliphatic rings. The number of anilines is 2. The first-order valence-electron chi connectivity index (χ1n) is 10.6. The molecule has 1 aromatic heterocycles. The Morgan fingerprint density at radius 2 is 1.64 bits per heavy atom. The predicted molar refractivity (Wildman–Crippen MR) is 137 cm³/mol. The van der Waals surface area contributed by atoms with Crippen LogP contribution < -0.4 is 20.1 Å². The smallest absolute Gasteiger partial charge is 0.175 e. The Morgan fingerprint density at radius 3 is 2.42 bits per heavy atom. The first-order valence-corrected chi connectivity index (χ1v) is 11.0. The Labute approximate surface area is 199 Å². The summed E-state index contributed by atoms with van der Waals surface area (Å²) in [4.78, 5) is 0. The zero-order valence-electron chi connectivity index (χ0n) is 18.8. The fraction of sp³-hybridized carbons (Fsp3) is 0.154. The first kappa shape index (κ1) is 22.4. The monoisotopic (exact) mass is 458 g/mol. The van der Waals surface area contributed by atoms with Gasteiger partial charge in [-0.3, -0.25) is 4.68 Å². The summed E-state index contributed by atoms with van der Waals surface area (Å²) in [6, 6.07) is 25.4. The van der Waals surface area contributed by atoms with Gasteiger partial charge in [-0.15, -0.1) is 0 Å². The molecule has 6 nitrogen and oxygen atoms in total. The van der Waals surface area contributed by atoms with Crippen molar-refractivity contribution >= 4 is 28.7 Å². The average molecular weight is 459 g/mol. The summed E-state index contributed by atoms with van der Waals surface area (Å²) < 4.78 is 13.3. The zero-order chi connectivity index (χ0) is 23.2. The number of nitrogens with one attached hydrogen (secondary N) is 2. The SMILES string of the molecule is COc1ccccc1NC(=S)Nc1c(C)nn(Cc2cccc(Oc3ccccc3)c2)c1C. The number of ether oxygens (including phenoxy) is 2. The number of para-hydroxylation sites is 3. The molecule has 33 heavy (non-hydrogen) atoms. The lowest BCUT2D eigenvalue weighted by molar-refractivity contribution is 0.417. The second-order valence-electron chi connectivity index (χ2n) is 7.55. The number of hydrogen-bond acceptors (Lipinski definition) is 4. The molecule has 168 valence electrons. The molecule has 0 unspecified atom stereocenters. The second kappa shape index (κ2) is 10.2. The van der Waals surface area contributed by atoms with Crippen LogP contribution in [0.2, 0.25) is 0 Å². The van der Waals surface area contributed by atoms with Gasteiger partial charge in [0.05, 0.1) is 36.4 Å². The van der Waals surface area contributed by atoms with E-state index in [1.54, 1.807) is 7.11 Å². The number of benzene rings is 3. The van der Waals surface area contributed by atoms with Gasteiger partial charge in [0.1, 0.15) is 17.2 Å². The minimum atomic E-state index is 0.475. The van der Waals surface area contributed by atoms with Gasteiger partial charge in [0.2, 0.25) is 0 Å². The van der Waals surface area contributed by atoms with Crippen LogP contribution in [0.25, 0.3) is 0 Å². The Balaban J connectivity index is 1.46. The highest BCUT2D eigenvalue weighted by molar-refractivity contribution is 7.80. The quantitative estimate of drug-likeness (QED) is 0.324. The van der Waals surface area contributed by atoms with Crippen LogP contribution in [0.5, 0.6) is 17.2 Å². The van der Waals surface area contributed by atoms with Crippen molar-refractivity contribution in [2.24, 2.45) is 0 Å². The molecule has 0 bridgehead atoms. The van der Waals surface area contributed by atoms with Crippen molar-refractivity contribution in [1.82, 2.24) is 9.78 Å². The molecule has 0 radical (unpaired) electrons. The summed E-state index contributed by atoms with van der Waals surface area (Å²) >= 11 is 5.53. The fourth-order valence-electron chi connectivity index (χ4n) is 3.55. The third-order valence-corrected chi connectivity index (χ3v) is 5.39. The topological polar surface area (TPSA) is 60.3 Å². The normalized spacial score (nSPS) is 10.5. The fourth-order valence-corrected chi connectivity index (χ4v) is 3.76. The van der Waals surface area contributed by atoms with Crippen LogP contribution in [-0.2, 0) is 6.54 Å². The van der Waals surface area contributed by atoms with Crippen molar-refractivity contribution in [3.63, 3.8) is 0 Å². The highest BCUT2D eigenvalue weighted by Gasteiger charge is 2.14. The van der Waals surface area contributed by atoms with Gasteiger partial charge in [0.15, 0.2) is 5.11 Å². The van der Waals surface area contributed by atoms with E-state index in [4.69, 9.17) is 26.8 Å². The number of aryl methyl sites for hydroxylation is 1. The van der Waals surface area contributed by atoms with E-state index in [2.05, 4.69) is 16.7 Å². The average Bonchev–Trinajstić information content (AvgIpc) is 3.07. The second-order valence-corrected chi connectivity index (χ2v) is 7.95. The third kappa shape index (κ3) is 5.51. The molecule has 4 rings (SSSR count). The lowest BCUT2D eigenvalue weighted by Crippen LogP contribution is -2.20. The Morgan fingerprint density at radius 1 is 0.909 bits per heavy atom. The molecule has 0 saturated carbocycles. The molecule has 0 saturated heterocycles. The van der Waals surface area contributed by atoms with E-state index in [0.717, 1.165) is 45.6 Å². The standard InChI is InChI=1S/C26H26N4O2S/c1-18-25(28-26(33)27-23-14-7-8-15-24(23)31-3)19(2)30(29-18)17-20-10-9-13-22(16-20)32-21-11-5-4-6-12-21/h4-16H,17H2,1-3H3,(H2,27,28,33). The molecule has 0 amide bonds. The minimum absolute atomic E-state index is 0.475. The van der Waals surface area contributed by atoms with E-state index in [1.165, 1.54) is 0 Å². The summed E-state index contributed by atoms with van der Waals surface area (Å²) in [7, 11) is 1.63. The Hall–Kier alpha value is -3.84. The van der Waals surface area contributed by atoms with Gasteiger partial charge in [0, 0.05) is 0 Å². The summed E-state index contributed by atoms with van der Waals surface area (Å²) in [5, 5.41) is 11.7. The van der Waals surface area contributed by atoms with E-state index in [0.29, 0.717) is 11.7 Å². The van der Waals surface area contributed by atoms with Crippen LogP contribution >= 0.6 is 12.2 Å². The Bertz CT molecular complexity index is 1250. The lowest BCUT2D eigenvalue weighted by atomic mass is 10.2. The van der Waals surface area contributed by atoms with Crippen molar-refractivity contribution in [2.45, 2.75) is 20.4 Å². The van der Waals surface area contributed by atoms with Crippen molar-refractivity contribution in [3.8, 4) is 17.2 Å². The number of thiocarbonyl (C=S) groups is 1. The van der Waals surface area contributed by atoms with E-state index in [-0.39, 0.29) is 0 Å². The lowest BCUT2D eigenvalue weighted by Gasteiger charge is -2.13. The van der Waals surface area contributed by atoms with Gasteiger partial charge in [-0.1, -0.05) is 42.5 Å². The van der Waals surface area contributed by atoms with Crippen LogP contribution in [0.4, 0.5) is 11.4 Å². The number of nitrogens with zero attached hydrogens (tertiary/aromatic N) is 2. The predicted octanol–water partition coefficient (Wildman–Crippen LogP) is 6.16. The highest BCUT2D eigenvalue weighted by atomic mass is 32.1. The van der Waals surface area contributed by atoms with Gasteiger partial charge in [0.25, 0.3) is 0 Å². The van der Waals surface area contributed by atoms with Crippen LogP contribution in [-0.4, -0.2) is 22.0 Å². The Kier molecular flexibility index (Phi) is 6.90. The summed E-state index contributed by atoms with van der Waals surface area (Å²) in [5.41, 5.74) is 4.64. The van der Waals surface area contributed by atoms with E-state index in [9.17, 15) is 0 Å². The number of aromatic nitrogens is 2. The molecular weight excluding hydrogens is 432 g/mol. The summed E-state index contributed by atoms with van der Waals surface area (Å²) in [5.74, 6) is 2.33. The molecule has 4 aromatic rings. The van der Waals surface area contributed by atoms with Crippen LogP contribution in [0.15, 0.2) is 78.9 Å². The minimum Gasteiger partial charge on any atom is -0.495 e. The van der Waals surface area contributed by atoms with Gasteiger partial charge < -0.3 is 20.1 Å². The largest absolute Gasteiger partial charge is 0.495 e. The van der Waals surface area contributed by atoms with Crippen molar-refractivity contribution in [2.75, 3.05) is 17.7 Å². The molecule has 0 aliphatic carbocycles.